The zero-order chi connectivity index (χ0) is 12.3. The fourth-order valence-electron chi connectivity index (χ4n) is 2.08. The molecule has 1 aliphatic rings. The zero-order valence-electron chi connectivity index (χ0n) is 9.96. The lowest BCUT2D eigenvalue weighted by atomic mass is 10.1. The monoisotopic (exact) mass is 254 g/mol. The van der Waals surface area contributed by atoms with Gasteiger partial charge in [-0.05, 0) is 29.3 Å². The molecule has 1 aromatic rings. The minimum Gasteiger partial charge on any atom is -0.367 e. The number of hydrogen-bond acceptors (Lipinski definition) is 4. The Morgan fingerprint density at radius 2 is 2.47 bits per heavy atom. The smallest absolute Gasteiger partial charge is 0.224 e. The molecule has 2 rings (SSSR count). The Hall–Kier alpha value is -0.910. The van der Waals surface area contributed by atoms with Gasteiger partial charge in [-0.2, -0.15) is 11.3 Å². The molecular weight excluding hydrogens is 236 g/mol. The van der Waals surface area contributed by atoms with Crippen LogP contribution in [0.15, 0.2) is 16.8 Å². The largest absolute Gasteiger partial charge is 0.367 e. The van der Waals surface area contributed by atoms with Gasteiger partial charge in [0.25, 0.3) is 0 Å². The van der Waals surface area contributed by atoms with E-state index in [1.165, 1.54) is 0 Å². The van der Waals surface area contributed by atoms with Crippen LogP contribution < -0.4 is 5.73 Å². The summed E-state index contributed by atoms with van der Waals surface area (Å²) >= 11 is 1.65. The van der Waals surface area contributed by atoms with Crippen molar-refractivity contribution in [3.05, 3.63) is 22.4 Å². The molecule has 1 saturated heterocycles. The summed E-state index contributed by atoms with van der Waals surface area (Å²) in [6.07, 6.45) is 0.505. The molecule has 0 saturated carbocycles. The first-order valence-corrected chi connectivity index (χ1v) is 6.80. The molecule has 2 atom stereocenters. The molecule has 0 aromatic carbocycles. The Morgan fingerprint density at radius 1 is 1.65 bits per heavy atom. The Balaban J connectivity index is 2.04. The van der Waals surface area contributed by atoms with Crippen molar-refractivity contribution in [3.63, 3.8) is 0 Å². The van der Waals surface area contributed by atoms with Gasteiger partial charge in [0.2, 0.25) is 5.91 Å². The van der Waals surface area contributed by atoms with Crippen LogP contribution in [0.4, 0.5) is 0 Å². The summed E-state index contributed by atoms with van der Waals surface area (Å²) in [5.41, 5.74) is 6.58. The molecular formula is C12H18N2O2S. The quantitative estimate of drug-likeness (QED) is 0.886. The summed E-state index contributed by atoms with van der Waals surface area (Å²) in [7, 11) is 0. The summed E-state index contributed by atoms with van der Waals surface area (Å²) in [5.74, 6) is 0.128. The van der Waals surface area contributed by atoms with Crippen LogP contribution in [0.25, 0.3) is 0 Å². The van der Waals surface area contributed by atoms with Gasteiger partial charge in [0, 0.05) is 19.5 Å². The summed E-state index contributed by atoms with van der Waals surface area (Å²) in [6, 6.07) is 2.05. The van der Waals surface area contributed by atoms with Crippen molar-refractivity contribution in [1.82, 2.24) is 4.90 Å². The third-order valence-electron chi connectivity index (χ3n) is 2.89. The first-order valence-electron chi connectivity index (χ1n) is 5.86. The number of ether oxygens (including phenoxy) is 1. The van der Waals surface area contributed by atoms with E-state index in [4.69, 9.17) is 10.5 Å². The van der Waals surface area contributed by atoms with Crippen molar-refractivity contribution >= 4 is 17.2 Å². The highest BCUT2D eigenvalue weighted by Crippen LogP contribution is 2.26. The second kappa shape index (κ2) is 5.62. The second-order valence-corrected chi connectivity index (χ2v) is 5.11. The number of hydrogen-bond donors (Lipinski definition) is 1. The van der Waals surface area contributed by atoms with E-state index in [0.717, 1.165) is 5.56 Å². The van der Waals surface area contributed by atoms with Crippen LogP contribution in [-0.2, 0) is 9.53 Å². The molecule has 1 fully saturated rings. The SMILES string of the molecule is C[C@@H]1CN(C(=O)CCN)C[C@H](c2ccsc2)O1. The maximum Gasteiger partial charge on any atom is 0.224 e. The van der Waals surface area contributed by atoms with Crippen LogP contribution in [0.5, 0.6) is 0 Å². The van der Waals surface area contributed by atoms with Gasteiger partial charge >= 0.3 is 0 Å². The van der Waals surface area contributed by atoms with Gasteiger partial charge in [0.15, 0.2) is 0 Å². The lowest BCUT2D eigenvalue weighted by molar-refractivity contribution is -0.144. The van der Waals surface area contributed by atoms with Crippen LogP contribution >= 0.6 is 11.3 Å². The van der Waals surface area contributed by atoms with Crippen LogP contribution in [0.3, 0.4) is 0 Å². The number of rotatable bonds is 3. The zero-order valence-corrected chi connectivity index (χ0v) is 10.8. The van der Waals surface area contributed by atoms with E-state index in [1.54, 1.807) is 11.3 Å². The molecule has 4 nitrogen and oxygen atoms in total. The van der Waals surface area contributed by atoms with Gasteiger partial charge in [-0.25, -0.2) is 0 Å². The second-order valence-electron chi connectivity index (χ2n) is 4.33. The molecule has 0 radical (unpaired) electrons. The van der Waals surface area contributed by atoms with Crippen LogP contribution in [0, 0.1) is 0 Å². The molecule has 94 valence electrons. The van der Waals surface area contributed by atoms with Gasteiger partial charge in [-0.1, -0.05) is 0 Å². The average molecular weight is 254 g/mol. The fraction of sp³-hybridized carbons (Fsp3) is 0.583. The lowest BCUT2D eigenvalue weighted by Gasteiger charge is -2.36. The van der Waals surface area contributed by atoms with E-state index < -0.39 is 0 Å². The highest BCUT2D eigenvalue weighted by atomic mass is 32.1. The van der Waals surface area contributed by atoms with Crippen molar-refractivity contribution in [3.8, 4) is 0 Å². The van der Waals surface area contributed by atoms with Gasteiger partial charge in [-0.3, -0.25) is 4.79 Å². The van der Waals surface area contributed by atoms with Crippen molar-refractivity contribution in [2.45, 2.75) is 25.6 Å². The maximum absolute atomic E-state index is 11.9. The van der Waals surface area contributed by atoms with Crippen molar-refractivity contribution < 1.29 is 9.53 Å². The van der Waals surface area contributed by atoms with E-state index in [1.807, 2.05) is 17.2 Å². The normalized spacial score (nSPS) is 24.9. The van der Waals surface area contributed by atoms with Crippen molar-refractivity contribution in [2.75, 3.05) is 19.6 Å². The summed E-state index contributed by atoms with van der Waals surface area (Å²) in [5, 5.41) is 4.11. The molecule has 0 bridgehead atoms. The molecule has 1 aromatic heterocycles. The highest BCUT2D eigenvalue weighted by molar-refractivity contribution is 7.07. The molecule has 5 heteroatoms. The molecule has 0 unspecified atom stereocenters. The summed E-state index contributed by atoms with van der Waals surface area (Å²) in [6.45, 7) is 3.72. The minimum absolute atomic E-state index is 0.00623. The molecule has 2 heterocycles. The molecule has 1 amide bonds. The number of amides is 1. The standard InChI is InChI=1S/C12H18N2O2S/c1-9-6-14(12(15)2-4-13)7-11(16-9)10-3-5-17-8-10/h3,5,8-9,11H,2,4,6-7,13H2,1H3/t9-,11-/m1/s1. The van der Waals surface area contributed by atoms with Gasteiger partial charge in [0.1, 0.15) is 6.10 Å². The summed E-state index contributed by atoms with van der Waals surface area (Å²) in [4.78, 5) is 13.7. The average Bonchev–Trinajstić information content (AvgIpc) is 2.82. The predicted octanol–water partition coefficient (Wildman–Crippen LogP) is 1.39. The summed E-state index contributed by atoms with van der Waals surface area (Å²) < 4.78 is 5.87. The minimum atomic E-state index is 0.00623. The first kappa shape index (κ1) is 12.5. The Bertz CT molecular complexity index is 367. The first-order chi connectivity index (χ1) is 8.20. The van der Waals surface area contributed by atoms with Crippen LogP contribution in [0.2, 0.25) is 0 Å². The van der Waals surface area contributed by atoms with Gasteiger partial charge in [-0.15, -0.1) is 0 Å². The molecule has 0 aliphatic carbocycles. The number of carbonyl (C=O) groups is 1. The Labute approximate surface area is 105 Å². The van der Waals surface area contributed by atoms with E-state index in [2.05, 4.69) is 11.4 Å². The predicted molar refractivity (Wildman–Crippen MR) is 67.9 cm³/mol. The topological polar surface area (TPSA) is 55.6 Å². The lowest BCUT2D eigenvalue weighted by Crippen LogP contribution is -2.46. The van der Waals surface area contributed by atoms with E-state index in [0.29, 0.717) is 26.1 Å². The van der Waals surface area contributed by atoms with Gasteiger partial charge in [0.05, 0.1) is 12.6 Å². The third kappa shape index (κ3) is 3.06. The molecule has 1 aliphatic heterocycles. The highest BCUT2D eigenvalue weighted by Gasteiger charge is 2.28. The maximum atomic E-state index is 11.9. The fourth-order valence-corrected chi connectivity index (χ4v) is 2.78. The van der Waals surface area contributed by atoms with E-state index in [-0.39, 0.29) is 18.1 Å². The Kier molecular flexibility index (Phi) is 4.15. The van der Waals surface area contributed by atoms with Crippen molar-refractivity contribution in [2.24, 2.45) is 5.73 Å². The van der Waals surface area contributed by atoms with Crippen molar-refractivity contribution in [1.29, 1.82) is 0 Å². The number of morpholine rings is 1. The van der Waals surface area contributed by atoms with E-state index >= 15 is 0 Å². The Morgan fingerprint density at radius 3 is 3.12 bits per heavy atom. The molecule has 0 spiro atoms. The van der Waals surface area contributed by atoms with Crippen LogP contribution in [-0.4, -0.2) is 36.5 Å². The van der Waals surface area contributed by atoms with Gasteiger partial charge < -0.3 is 15.4 Å². The van der Waals surface area contributed by atoms with E-state index in [9.17, 15) is 4.79 Å². The molecule has 17 heavy (non-hydrogen) atoms. The number of thiophene rings is 1. The number of nitrogens with two attached hydrogens (primary N) is 1. The third-order valence-corrected chi connectivity index (χ3v) is 3.59. The number of nitrogens with zero attached hydrogens (tertiary/aromatic N) is 1. The van der Waals surface area contributed by atoms with Crippen LogP contribution in [0.1, 0.15) is 25.0 Å². The number of carbonyl (C=O) groups excluding carboxylic acids is 1. The molecule has 2 N–H and O–H groups in total.